The maximum atomic E-state index is 10.8. The number of aliphatic hydroxyl groups is 1. The highest BCUT2D eigenvalue weighted by Gasteiger charge is 2.27. The molecule has 1 aromatic carbocycles. The minimum absolute atomic E-state index is 0.527. The largest absolute Gasteiger partial charge is 0.384 e. The second kappa shape index (κ2) is 5.00. The van der Waals surface area contributed by atoms with Crippen LogP contribution in [-0.4, -0.2) is 10.1 Å². The van der Waals surface area contributed by atoms with E-state index in [1.807, 2.05) is 55.6 Å². The number of fused-ring (bicyclic) bond motifs is 1. The Hall–Kier alpha value is -1.71. The van der Waals surface area contributed by atoms with Crippen molar-refractivity contribution in [1.29, 1.82) is 0 Å². The molecular weight excluding hydrogens is 266 g/mol. The lowest BCUT2D eigenvalue weighted by molar-refractivity contribution is 0.0599. The van der Waals surface area contributed by atoms with Crippen molar-refractivity contribution in [2.24, 2.45) is 0 Å². The van der Waals surface area contributed by atoms with Crippen LogP contribution in [0.3, 0.4) is 0 Å². The van der Waals surface area contributed by atoms with Gasteiger partial charge in [-0.1, -0.05) is 24.3 Å². The predicted molar refractivity (Wildman–Crippen MR) is 84.1 cm³/mol. The Bertz CT molecular complexity index is 745. The Balaban J connectivity index is 1.94. The Morgan fingerprint density at radius 3 is 2.70 bits per heavy atom. The molecule has 3 heteroatoms. The molecule has 0 fully saturated rings. The molecule has 3 rings (SSSR count). The second-order valence-corrected chi connectivity index (χ2v) is 6.29. The summed E-state index contributed by atoms with van der Waals surface area (Å²) in [6.07, 6.45) is 0.527. The molecule has 2 nitrogen and oxygen atoms in total. The van der Waals surface area contributed by atoms with Gasteiger partial charge < -0.3 is 5.11 Å². The number of aryl methyl sites for hydroxylation is 1. The fraction of sp³-hybridized carbons (Fsp3) is 0.235. The number of thiophene rings is 1. The number of para-hydroxylation sites is 1. The van der Waals surface area contributed by atoms with Crippen LogP contribution in [0, 0.1) is 6.92 Å². The molecule has 0 aliphatic heterocycles. The minimum Gasteiger partial charge on any atom is -0.384 e. The Morgan fingerprint density at radius 1 is 1.15 bits per heavy atom. The molecule has 0 radical (unpaired) electrons. The highest BCUT2D eigenvalue weighted by Crippen LogP contribution is 2.32. The van der Waals surface area contributed by atoms with E-state index in [1.54, 1.807) is 11.3 Å². The summed E-state index contributed by atoms with van der Waals surface area (Å²) in [6.45, 7) is 3.90. The normalized spacial score (nSPS) is 14.3. The van der Waals surface area contributed by atoms with Gasteiger partial charge in [-0.05, 0) is 43.0 Å². The van der Waals surface area contributed by atoms with Crippen LogP contribution in [-0.2, 0) is 12.0 Å². The first-order valence-electron chi connectivity index (χ1n) is 6.68. The highest BCUT2D eigenvalue weighted by molar-refractivity contribution is 7.10. The average molecular weight is 283 g/mol. The summed E-state index contributed by atoms with van der Waals surface area (Å²) >= 11 is 1.60. The summed E-state index contributed by atoms with van der Waals surface area (Å²) in [5.74, 6) is 0. The molecule has 1 N–H and O–H groups in total. The molecule has 0 amide bonds. The average Bonchev–Trinajstić information content (AvgIpc) is 2.85. The molecular formula is C17H17NOS. The standard InChI is InChI=1S/C17H17NOS/c1-12-9-10-20-16(12)17(2,19)11-14-8-7-13-5-3-4-6-15(13)18-14/h3-10,19H,11H2,1-2H3. The predicted octanol–water partition coefficient (Wildman–Crippen LogP) is 4.05. The first-order valence-corrected chi connectivity index (χ1v) is 7.56. The van der Waals surface area contributed by atoms with Crippen LogP contribution in [0.25, 0.3) is 10.9 Å². The van der Waals surface area contributed by atoms with Crippen molar-refractivity contribution in [3.05, 3.63) is 64.0 Å². The summed E-state index contributed by atoms with van der Waals surface area (Å²) in [5, 5.41) is 13.9. The Labute approximate surface area is 122 Å². The lowest BCUT2D eigenvalue weighted by atomic mass is 9.95. The molecule has 0 spiro atoms. The van der Waals surface area contributed by atoms with Gasteiger partial charge in [0.15, 0.2) is 0 Å². The van der Waals surface area contributed by atoms with Crippen molar-refractivity contribution in [3.8, 4) is 0 Å². The molecule has 3 aromatic rings. The van der Waals surface area contributed by atoms with E-state index < -0.39 is 5.60 Å². The summed E-state index contributed by atoms with van der Waals surface area (Å²) in [4.78, 5) is 5.67. The molecule has 1 atom stereocenters. The molecule has 0 saturated heterocycles. The molecule has 0 aliphatic carbocycles. The molecule has 102 valence electrons. The van der Waals surface area contributed by atoms with Crippen molar-refractivity contribution < 1.29 is 5.11 Å². The third-order valence-electron chi connectivity index (χ3n) is 3.53. The van der Waals surface area contributed by atoms with Gasteiger partial charge in [0, 0.05) is 22.4 Å². The lowest BCUT2D eigenvalue weighted by Gasteiger charge is -2.23. The maximum absolute atomic E-state index is 10.8. The van der Waals surface area contributed by atoms with Gasteiger partial charge in [-0.25, -0.2) is 0 Å². The molecule has 2 aromatic heterocycles. The molecule has 20 heavy (non-hydrogen) atoms. The SMILES string of the molecule is Cc1ccsc1C(C)(O)Cc1ccc2ccccc2n1. The molecule has 0 saturated carbocycles. The van der Waals surface area contributed by atoms with Crippen LogP contribution < -0.4 is 0 Å². The van der Waals surface area contributed by atoms with Gasteiger partial charge in [0.25, 0.3) is 0 Å². The lowest BCUT2D eigenvalue weighted by Crippen LogP contribution is -2.24. The van der Waals surface area contributed by atoms with Crippen LogP contribution in [0.4, 0.5) is 0 Å². The van der Waals surface area contributed by atoms with Crippen LogP contribution in [0.1, 0.15) is 23.1 Å². The number of rotatable bonds is 3. The van der Waals surface area contributed by atoms with Crippen LogP contribution in [0.5, 0.6) is 0 Å². The van der Waals surface area contributed by atoms with Gasteiger partial charge in [-0.3, -0.25) is 4.98 Å². The summed E-state index contributed by atoms with van der Waals surface area (Å²) in [7, 11) is 0. The summed E-state index contributed by atoms with van der Waals surface area (Å²) in [6, 6.07) is 14.2. The van der Waals surface area contributed by atoms with E-state index in [1.165, 1.54) is 0 Å². The van der Waals surface area contributed by atoms with Gasteiger partial charge in [0.2, 0.25) is 0 Å². The van der Waals surface area contributed by atoms with Crippen molar-refractivity contribution >= 4 is 22.2 Å². The zero-order chi connectivity index (χ0) is 14.2. The molecule has 2 heterocycles. The van der Waals surface area contributed by atoms with E-state index >= 15 is 0 Å². The zero-order valence-electron chi connectivity index (χ0n) is 11.6. The van der Waals surface area contributed by atoms with Gasteiger partial charge in [0.05, 0.1) is 5.52 Å². The number of hydrogen-bond donors (Lipinski definition) is 1. The number of nitrogens with zero attached hydrogens (tertiary/aromatic N) is 1. The van der Waals surface area contributed by atoms with Crippen molar-refractivity contribution in [3.63, 3.8) is 0 Å². The first kappa shape index (κ1) is 13.3. The summed E-state index contributed by atoms with van der Waals surface area (Å²) in [5.41, 5.74) is 2.17. The molecule has 0 bridgehead atoms. The fourth-order valence-corrected chi connectivity index (χ4v) is 3.55. The third kappa shape index (κ3) is 2.47. The summed E-state index contributed by atoms with van der Waals surface area (Å²) < 4.78 is 0. The van der Waals surface area contributed by atoms with Crippen LogP contribution >= 0.6 is 11.3 Å². The number of pyridine rings is 1. The van der Waals surface area contributed by atoms with E-state index in [2.05, 4.69) is 11.1 Å². The van der Waals surface area contributed by atoms with E-state index in [-0.39, 0.29) is 0 Å². The number of benzene rings is 1. The van der Waals surface area contributed by atoms with Gasteiger partial charge in [-0.2, -0.15) is 0 Å². The first-order chi connectivity index (χ1) is 9.56. The topological polar surface area (TPSA) is 33.1 Å². The number of hydrogen-bond acceptors (Lipinski definition) is 3. The molecule has 0 aliphatic rings. The van der Waals surface area contributed by atoms with E-state index in [4.69, 9.17) is 0 Å². The molecule has 1 unspecified atom stereocenters. The van der Waals surface area contributed by atoms with Crippen molar-refractivity contribution in [1.82, 2.24) is 4.98 Å². The fourth-order valence-electron chi connectivity index (χ4n) is 2.56. The zero-order valence-corrected chi connectivity index (χ0v) is 12.4. The Kier molecular flexibility index (Phi) is 3.32. The monoisotopic (exact) mass is 283 g/mol. The van der Waals surface area contributed by atoms with Crippen LogP contribution in [0.2, 0.25) is 0 Å². The van der Waals surface area contributed by atoms with Crippen LogP contribution in [0.15, 0.2) is 47.8 Å². The van der Waals surface area contributed by atoms with Crippen molar-refractivity contribution in [2.45, 2.75) is 25.9 Å². The maximum Gasteiger partial charge on any atom is 0.102 e. The highest BCUT2D eigenvalue weighted by atomic mass is 32.1. The van der Waals surface area contributed by atoms with Gasteiger partial charge in [-0.15, -0.1) is 11.3 Å². The van der Waals surface area contributed by atoms with E-state index in [0.717, 1.165) is 27.0 Å². The smallest absolute Gasteiger partial charge is 0.102 e. The van der Waals surface area contributed by atoms with E-state index in [0.29, 0.717) is 6.42 Å². The van der Waals surface area contributed by atoms with Gasteiger partial charge in [0.1, 0.15) is 5.60 Å². The third-order valence-corrected chi connectivity index (χ3v) is 4.80. The minimum atomic E-state index is -0.867. The van der Waals surface area contributed by atoms with Gasteiger partial charge >= 0.3 is 0 Å². The second-order valence-electron chi connectivity index (χ2n) is 5.38. The quantitative estimate of drug-likeness (QED) is 0.786. The van der Waals surface area contributed by atoms with E-state index in [9.17, 15) is 5.11 Å². The Morgan fingerprint density at radius 2 is 1.95 bits per heavy atom. The van der Waals surface area contributed by atoms with Crippen molar-refractivity contribution in [2.75, 3.05) is 0 Å². The number of aromatic nitrogens is 1.